The summed E-state index contributed by atoms with van der Waals surface area (Å²) < 4.78 is 6.63. The van der Waals surface area contributed by atoms with Gasteiger partial charge in [0, 0.05) is 20.5 Å². The predicted molar refractivity (Wildman–Crippen MR) is 60.4 cm³/mol. The van der Waals surface area contributed by atoms with Gasteiger partial charge >= 0.3 is 12.0 Å². The summed E-state index contributed by atoms with van der Waals surface area (Å²) in [5.41, 5.74) is 1.41. The molecule has 0 saturated heterocycles. The molecule has 0 fully saturated rings. The number of carbonyl (C=O) groups excluding carboxylic acids is 2. The first kappa shape index (κ1) is 12.3. The Kier molecular flexibility index (Phi) is 3.45. The van der Waals surface area contributed by atoms with Crippen LogP contribution in [0.4, 0.5) is 4.79 Å². The number of hydrogen-bond acceptors (Lipinski definition) is 5. The van der Waals surface area contributed by atoms with Crippen molar-refractivity contribution in [2.45, 2.75) is 26.6 Å². The van der Waals surface area contributed by atoms with Gasteiger partial charge in [-0.15, -0.1) is 5.10 Å². The zero-order valence-electron chi connectivity index (χ0n) is 10.3. The van der Waals surface area contributed by atoms with Gasteiger partial charge in [0.25, 0.3) is 0 Å². The Hall–Kier alpha value is -2.12. The molecular formula is C10H15N5O3. The Morgan fingerprint density at radius 2 is 2.22 bits per heavy atom. The number of hydrogen-bond donors (Lipinski definition) is 1. The van der Waals surface area contributed by atoms with E-state index in [9.17, 15) is 9.59 Å². The zero-order valence-corrected chi connectivity index (χ0v) is 10.3. The largest absolute Gasteiger partial charge is 0.459 e. The molecule has 8 nitrogen and oxygen atoms in total. The number of amides is 2. The molecule has 2 amide bonds. The molecule has 1 aliphatic heterocycles. The van der Waals surface area contributed by atoms with Crippen LogP contribution in [0.1, 0.15) is 18.3 Å². The molecule has 1 aromatic rings. The number of ether oxygens (including phenoxy) is 1. The number of nitrogens with zero attached hydrogens (tertiary/aromatic N) is 4. The molecule has 0 aliphatic carbocycles. The molecule has 0 radical (unpaired) electrons. The maximum absolute atomic E-state index is 11.6. The average Bonchev–Trinajstić information content (AvgIpc) is 2.77. The van der Waals surface area contributed by atoms with Gasteiger partial charge in [0.2, 0.25) is 0 Å². The van der Waals surface area contributed by atoms with Crippen molar-refractivity contribution in [2.75, 3.05) is 13.6 Å². The number of rotatable bonds is 2. The van der Waals surface area contributed by atoms with E-state index in [1.165, 1.54) is 6.92 Å². The van der Waals surface area contributed by atoms with E-state index in [-0.39, 0.29) is 18.6 Å². The topological polar surface area (TPSA) is 89.3 Å². The first-order valence-electron chi connectivity index (χ1n) is 5.63. The van der Waals surface area contributed by atoms with Crippen LogP contribution in [-0.2, 0) is 29.2 Å². The van der Waals surface area contributed by atoms with Crippen LogP contribution in [0.25, 0.3) is 0 Å². The third-order valence-corrected chi connectivity index (χ3v) is 2.75. The first-order chi connectivity index (χ1) is 8.61. The number of aromatic nitrogens is 3. The van der Waals surface area contributed by atoms with Crippen molar-refractivity contribution in [1.29, 1.82) is 0 Å². The molecule has 8 heteroatoms. The molecule has 1 N–H and O–H groups in total. The second-order valence-corrected chi connectivity index (χ2v) is 3.96. The van der Waals surface area contributed by atoms with Crippen LogP contribution in [0.5, 0.6) is 0 Å². The standard InChI is InChI=1S/C10H15N5O3/c1-7(16)18-6-8-9-5-14(10(17)11-2)3-4-15(9)13-12-8/h3-6H2,1-2H3,(H,11,17). The number of esters is 1. The highest BCUT2D eigenvalue weighted by molar-refractivity contribution is 5.73. The summed E-state index contributed by atoms with van der Waals surface area (Å²) in [6, 6.07) is -0.138. The van der Waals surface area contributed by atoms with Crippen LogP contribution in [-0.4, -0.2) is 45.5 Å². The van der Waals surface area contributed by atoms with E-state index in [2.05, 4.69) is 15.6 Å². The summed E-state index contributed by atoms with van der Waals surface area (Å²) >= 11 is 0. The fraction of sp³-hybridized carbons (Fsp3) is 0.600. The van der Waals surface area contributed by atoms with Crippen molar-refractivity contribution in [1.82, 2.24) is 25.2 Å². The second-order valence-electron chi connectivity index (χ2n) is 3.96. The molecule has 0 bridgehead atoms. The van der Waals surface area contributed by atoms with Crippen molar-refractivity contribution in [3.8, 4) is 0 Å². The van der Waals surface area contributed by atoms with E-state index in [1.54, 1.807) is 16.6 Å². The third kappa shape index (κ3) is 2.41. The van der Waals surface area contributed by atoms with Gasteiger partial charge in [-0.25, -0.2) is 9.48 Å². The predicted octanol–water partition coefficient (Wildman–Crippen LogP) is -0.504. The second kappa shape index (κ2) is 5.03. The molecule has 0 atom stereocenters. The summed E-state index contributed by atoms with van der Waals surface area (Å²) in [5, 5.41) is 10.5. The lowest BCUT2D eigenvalue weighted by Gasteiger charge is -2.27. The number of fused-ring (bicyclic) bond motifs is 1. The lowest BCUT2D eigenvalue weighted by molar-refractivity contribution is -0.142. The van der Waals surface area contributed by atoms with Crippen molar-refractivity contribution < 1.29 is 14.3 Å². The molecule has 0 spiro atoms. The Balaban J connectivity index is 2.11. The molecule has 0 saturated carbocycles. The van der Waals surface area contributed by atoms with E-state index in [4.69, 9.17) is 4.74 Å². The van der Waals surface area contributed by atoms with E-state index < -0.39 is 0 Å². The molecule has 2 rings (SSSR count). The summed E-state index contributed by atoms with van der Waals surface area (Å²) in [6.45, 7) is 3.03. The quantitative estimate of drug-likeness (QED) is 0.717. The SMILES string of the molecule is CNC(=O)N1CCn2nnc(COC(C)=O)c2C1. The van der Waals surface area contributed by atoms with Crippen LogP contribution < -0.4 is 5.32 Å². The maximum Gasteiger partial charge on any atom is 0.317 e. The lowest BCUT2D eigenvalue weighted by Crippen LogP contribution is -2.43. The first-order valence-corrected chi connectivity index (χ1v) is 5.63. The van der Waals surface area contributed by atoms with Gasteiger partial charge in [0.05, 0.1) is 18.8 Å². The van der Waals surface area contributed by atoms with E-state index in [1.807, 2.05) is 0 Å². The molecule has 0 unspecified atom stereocenters. The summed E-state index contributed by atoms with van der Waals surface area (Å²) in [7, 11) is 1.59. The fourth-order valence-electron chi connectivity index (χ4n) is 1.81. The van der Waals surface area contributed by atoms with Crippen LogP contribution >= 0.6 is 0 Å². The van der Waals surface area contributed by atoms with Crippen molar-refractivity contribution in [3.63, 3.8) is 0 Å². The van der Waals surface area contributed by atoms with Crippen LogP contribution in [0.2, 0.25) is 0 Å². The van der Waals surface area contributed by atoms with Gasteiger partial charge in [0.1, 0.15) is 12.3 Å². The summed E-state index contributed by atoms with van der Waals surface area (Å²) in [4.78, 5) is 24.0. The molecule has 1 aliphatic rings. The fourth-order valence-corrected chi connectivity index (χ4v) is 1.81. The monoisotopic (exact) mass is 253 g/mol. The minimum Gasteiger partial charge on any atom is -0.459 e. The highest BCUT2D eigenvalue weighted by atomic mass is 16.5. The Morgan fingerprint density at radius 1 is 1.44 bits per heavy atom. The van der Waals surface area contributed by atoms with Crippen LogP contribution in [0.3, 0.4) is 0 Å². The van der Waals surface area contributed by atoms with E-state index in [0.29, 0.717) is 25.3 Å². The molecular weight excluding hydrogens is 238 g/mol. The molecule has 18 heavy (non-hydrogen) atoms. The van der Waals surface area contributed by atoms with Gasteiger partial charge < -0.3 is 15.0 Å². The van der Waals surface area contributed by atoms with Gasteiger partial charge in [0.15, 0.2) is 0 Å². The average molecular weight is 253 g/mol. The van der Waals surface area contributed by atoms with Crippen molar-refractivity contribution >= 4 is 12.0 Å². The van der Waals surface area contributed by atoms with Crippen LogP contribution in [0.15, 0.2) is 0 Å². The molecule has 98 valence electrons. The smallest absolute Gasteiger partial charge is 0.317 e. The normalized spacial score (nSPS) is 14.0. The Bertz CT molecular complexity index is 470. The van der Waals surface area contributed by atoms with E-state index >= 15 is 0 Å². The summed E-state index contributed by atoms with van der Waals surface area (Å²) in [6.07, 6.45) is 0. The Labute approximate surface area is 104 Å². The van der Waals surface area contributed by atoms with Gasteiger partial charge in [-0.3, -0.25) is 4.79 Å². The van der Waals surface area contributed by atoms with Gasteiger partial charge in [-0.1, -0.05) is 5.21 Å². The third-order valence-electron chi connectivity index (χ3n) is 2.75. The number of carbonyl (C=O) groups is 2. The molecule has 1 aromatic heterocycles. The highest BCUT2D eigenvalue weighted by Crippen LogP contribution is 2.15. The highest BCUT2D eigenvalue weighted by Gasteiger charge is 2.24. The van der Waals surface area contributed by atoms with Gasteiger partial charge in [-0.05, 0) is 0 Å². The minimum absolute atomic E-state index is 0.0895. The van der Waals surface area contributed by atoms with Gasteiger partial charge in [-0.2, -0.15) is 0 Å². The van der Waals surface area contributed by atoms with Crippen molar-refractivity contribution in [2.24, 2.45) is 0 Å². The molecule has 0 aromatic carbocycles. The van der Waals surface area contributed by atoms with Crippen LogP contribution in [0, 0.1) is 0 Å². The molecule has 2 heterocycles. The van der Waals surface area contributed by atoms with E-state index in [0.717, 1.165) is 5.69 Å². The minimum atomic E-state index is -0.365. The zero-order chi connectivity index (χ0) is 13.1. The summed E-state index contributed by atoms with van der Waals surface area (Å²) in [5.74, 6) is -0.365. The van der Waals surface area contributed by atoms with Crippen molar-refractivity contribution in [3.05, 3.63) is 11.4 Å². The Morgan fingerprint density at radius 3 is 2.89 bits per heavy atom. The number of nitrogens with one attached hydrogen (secondary N) is 1. The lowest BCUT2D eigenvalue weighted by atomic mass is 10.2. The number of urea groups is 1. The maximum atomic E-state index is 11.6.